The summed E-state index contributed by atoms with van der Waals surface area (Å²) in [6.45, 7) is 7.30. The van der Waals surface area contributed by atoms with Crippen LogP contribution in [-0.4, -0.2) is 17.7 Å². The molecule has 1 aliphatic carbocycles. The van der Waals surface area contributed by atoms with Gasteiger partial charge in [0, 0.05) is 5.92 Å². The number of carbonyl (C=O) groups excluding carboxylic acids is 2. The summed E-state index contributed by atoms with van der Waals surface area (Å²) in [5.41, 5.74) is 0.675. The summed E-state index contributed by atoms with van der Waals surface area (Å²) in [6, 6.07) is 5.80. The van der Waals surface area contributed by atoms with E-state index in [2.05, 4.69) is 5.32 Å². The predicted molar refractivity (Wildman–Crippen MR) is 79.3 cm³/mol. The molecule has 4 heteroatoms. The Morgan fingerprint density at radius 1 is 1.24 bits per heavy atom. The maximum absolute atomic E-state index is 12.9. The zero-order chi connectivity index (χ0) is 15.8. The second kappa shape index (κ2) is 5.58. The fourth-order valence-electron chi connectivity index (χ4n) is 2.74. The SMILES string of the molecule is CC(=O)[C@@H](NC(=O)[C@@H]1CC1c1ccc(F)cc1)C(C)(C)C. The maximum atomic E-state index is 12.9. The van der Waals surface area contributed by atoms with Crippen molar-refractivity contribution in [3.05, 3.63) is 35.6 Å². The van der Waals surface area contributed by atoms with Gasteiger partial charge in [-0.3, -0.25) is 9.59 Å². The first-order valence-corrected chi connectivity index (χ1v) is 7.26. The van der Waals surface area contributed by atoms with Crippen LogP contribution >= 0.6 is 0 Å². The monoisotopic (exact) mass is 291 g/mol. The molecule has 1 aromatic carbocycles. The molecule has 3 atom stereocenters. The van der Waals surface area contributed by atoms with Crippen LogP contribution in [0.25, 0.3) is 0 Å². The molecule has 1 aromatic rings. The van der Waals surface area contributed by atoms with Crippen LogP contribution in [0.15, 0.2) is 24.3 Å². The average molecular weight is 291 g/mol. The van der Waals surface area contributed by atoms with E-state index in [9.17, 15) is 14.0 Å². The Bertz CT molecular complexity index is 545. The van der Waals surface area contributed by atoms with Crippen molar-refractivity contribution < 1.29 is 14.0 Å². The Balaban J connectivity index is 2.00. The van der Waals surface area contributed by atoms with Crippen LogP contribution in [0.1, 0.15) is 45.6 Å². The summed E-state index contributed by atoms with van der Waals surface area (Å²) < 4.78 is 12.9. The summed E-state index contributed by atoms with van der Waals surface area (Å²) in [6.07, 6.45) is 0.756. The lowest BCUT2D eigenvalue weighted by molar-refractivity contribution is -0.129. The summed E-state index contributed by atoms with van der Waals surface area (Å²) in [4.78, 5) is 24.0. The van der Waals surface area contributed by atoms with E-state index in [1.165, 1.54) is 19.1 Å². The highest BCUT2D eigenvalue weighted by Gasteiger charge is 2.45. The second-order valence-corrected chi connectivity index (χ2v) is 6.92. The zero-order valence-corrected chi connectivity index (χ0v) is 12.9. The second-order valence-electron chi connectivity index (χ2n) is 6.92. The van der Waals surface area contributed by atoms with Gasteiger partial charge < -0.3 is 5.32 Å². The van der Waals surface area contributed by atoms with Crippen molar-refractivity contribution in [2.75, 3.05) is 0 Å². The van der Waals surface area contributed by atoms with Gasteiger partial charge in [-0.25, -0.2) is 4.39 Å². The summed E-state index contributed by atoms with van der Waals surface area (Å²) in [5, 5.41) is 2.87. The van der Waals surface area contributed by atoms with Gasteiger partial charge in [-0.1, -0.05) is 32.9 Å². The summed E-state index contributed by atoms with van der Waals surface area (Å²) in [5.74, 6) is -0.364. The summed E-state index contributed by atoms with van der Waals surface area (Å²) >= 11 is 0. The molecule has 21 heavy (non-hydrogen) atoms. The van der Waals surface area contributed by atoms with E-state index in [1.54, 1.807) is 12.1 Å². The quantitative estimate of drug-likeness (QED) is 0.926. The molecule has 0 heterocycles. The maximum Gasteiger partial charge on any atom is 0.224 e. The van der Waals surface area contributed by atoms with Gasteiger partial charge in [-0.05, 0) is 42.4 Å². The lowest BCUT2D eigenvalue weighted by Gasteiger charge is -2.29. The largest absolute Gasteiger partial charge is 0.346 e. The third-order valence-electron chi connectivity index (χ3n) is 3.98. The molecule has 1 unspecified atom stereocenters. The van der Waals surface area contributed by atoms with Crippen LogP contribution in [0.5, 0.6) is 0 Å². The lowest BCUT2D eigenvalue weighted by Crippen LogP contribution is -2.48. The van der Waals surface area contributed by atoms with E-state index in [4.69, 9.17) is 0 Å². The van der Waals surface area contributed by atoms with E-state index in [0.29, 0.717) is 0 Å². The Kier molecular flexibility index (Phi) is 4.17. The van der Waals surface area contributed by atoms with Gasteiger partial charge in [0.1, 0.15) is 5.82 Å². The number of rotatable bonds is 4. The van der Waals surface area contributed by atoms with Gasteiger partial charge in [-0.15, -0.1) is 0 Å². The average Bonchev–Trinajstić information content (AvgIpc) is 3.15. The first kappa shape index (κ1) is 15.7. The van der Waals surface area contributed by atoms with Crippen molar-refractivity contribution in [3.8, 4) is 0 Å². The van der Waals surface area contributed by atoms with E-state index in [1.807, 2.05) is 20.8 Å². The molecular weight excluding hydrogens is 269 g/mol. The third-order valence-corrected chi connectivity index (χ3v) is 3.98. The molecule has 1 fully saturated rings. The Morgan fingerprint density at radius 2 is 1.81 bits per heavy atom. The van der Waals surface area contributed by atoms with Crippen LogP contribution in [0.2, 0.25) is 0 Å². The number of ketones is 1. The van der Waals surface area contributed by atoms with Crippen molar-refractivity contribution in [2.24, 2.45) is 11.3 Å². The number of nitrogens with one attached hydrogen (secondary N) is 1. The third kappa shape index (κ3) is 3.69. The van der Waals surface area contributed by atoms with Gasteiger partial charge in [0.05, 0.1) is 6.04 Å². The molecule has 1 N–H and O–H groups in total. The van der Waals surface area contributed by atoms with Crippen LogP contribution in [0.3, 0.4) is 0 Å². The molecule has 1 saturated carbocycles. The van der Waals surface area contributed by atoms with E-state index in [-0.39, 0.29) is 34.8 Å². The minimum absolute atomic E-state index is 0.0326. The number of hydrogen-bond acceptors (Lipinski definition) is 2. The van der Waals surface area contributed by atoms with Crippen molar-refractivity contribution in [3.63, 3.8) is 0 Å². The van der Waals surface area contributed by atoms with Gasteiger partial charge in [0.25, 0.3) is 0 Å². The molecule has 2 rings (SSSR count). The minimum Gasteiger partial charge on any atom is -0.346 e. The standard InChI is InChI=1S/C17H22FNO2/c1-10(20)15(17(2,3)4)19-16(21)14-9-13(14)11-5-7-12(18)8-6-11/h5-8,13-15H,9H2,1-4H3,(H,19,21)/t13?,14-,15-/m1/s1. The van der Waals surface area contributed by atoms with Crippen LogP contribution in [0.4, 0.5) is 4.39 Å². The Hall–Kier alpha value is -1.71. The molecule has 1 amide bonds. The molecule has 0 bridgehead atoms. The number of hydrogen-bond donors (Lipinski definition) is 1. The van der Waals surface area contributed by atoms with Gasteiger partial charge in [0.2, 0.25) is 5.91 Å². The van der Waals surface area contributed by atoms with Crippen molar-refractivity contribution >= 4 is 11.7 Å². The highest BCUT2D eigenvalue weighted by molar-refractivity contribution is 5.90. The van der Waals surface area contributed by atoms with E-state index < -0.39 is 6.04 Å². The fraction of sp³-hybridized carbons (Fsp3) is 0.529. The van der Waals surface area contributed by atoms with Gasteiger partial charge >= 0.3 is 0 Å². The van der Waals surface area contributed by atoms with Crippen molar-refractivity contribution in [1.29, 1.82) is 0 Å². The normalized spacial score (nSPS) is 22.5. The van der Waals surface area contributed by atoms with E-state index >= 15 is 0 Å². The molecule has 0 saturated heterocycles. The molecule has 0 spiro atoms. The Labute approximate surface area is 124 Å². The molecule has 0 aromatic heterocycles. The van der Waals surface area contributed by atoms with Crippen molar-refractivity contribution in [1.82, 2.24) is 5.32 Å². The number of amides is 1. The van der Waals surface area contributed by atoms with Gasteiger partial charge in [-0.2, -0.15) is 0 Å². The molecule has 0 aliphatic heterocycles. The summed E-state index contributed by atoms with van der Waals surface area (Å²) in [7, 11) is 0. The van der Waals surface area contributed by atoms with Crippen LogP contribution < -0.4 is 5.32 Å². The number of halogens is 1. The topological polar surface area (TPSA) is 46.2 Å². The first-order chi connectivity index (χ1) is 9.70. The minimum atomic E-state index is -0.473. The van der Waals surface area contributed by atoms with Gasteiger partial charge in [0.15, 0.2) is 5.78 Å². The number of benzene rings is 1. The molecule has 3 nitrogen and oxygen atoms in total. The fourth-order valence-corrected chi connectivity index (χ4v) is 2.74. The predicted octanol–water partition coefficient (Wildman–Crippen LogP) is 3.05. The highest BCUT2D eigenvalue weighted by atomic mass is 19.1. The van der Waals surface area contributed by atoms with Crippen LogP contribution in [0, 0.1) is 17.2 Å². The van der Waals surface area contributed by atoms with Crippen molar-refractivity contribution in [2.45, 2.75) is 46.1 Å². The lowest BCUT2D eigenvalue weighted by atomic mass is 9.84. The first-order valence-electron chi connectivity index (χ1n) is 7.26. The number of Topliss-reactive ketones (excluding diaryl/α,β-unsaturated/α-hetero) is 1. The molecular formula is C17H22FNO2. The highest BCUT2D eigenvalue weighted by Crippen LogP contribution is 2.47. The zero-order valence-electron chi connectivity index (χ0n) is 12.9. The Morgan fingerprint density at radius 3 is 2.29 bits per heavy atom. The molecule has 0 radical (unpaired) electrons. The van der Waals surface area contributed by atoms with Crippen LogP contribution in [-0.2, 0) is 9.59 Å². The van der Waals surface area contributed by atoms with E-state index in [0.717, 1.165) is 12.0 Å². The smallest absolute Gasteiger partial charge is 0.224 e. The molecule has 1 aliphatic rings. The number of carbonyl (C=O) groups is 2. The molecule has 114 valence electrons.